The lowest BCUT2D eigenvalue weighted by atomic mass is 10.2. The van der Waals surface area contributed by atoms with Gasteiger partial charge in [0, 0.05) is 31.1 Å². The number of benzene rings is 1. The molecule has 2 rings (SSSR count). The molecular formula is C14H17N3O2S2. The Morgan fingerprint density at radius 3 is 2.76 bits per heavy atom. The van der Waals surface area contributed by atoms with Gasteiger partial charge in [0.15, 0.2) is 0 Å². The first-order valence-electron chi connectivity index (χ1n) is 6.43. The molecule has 2 aromatic rings. The summed E-state index contributed by atoms with van der Waals surface area (Å²) in [5, 5.41) is 0.606. The van der Waals surface area contributed by atoms with E-state index in [0.29, 0.717) is 15.9 Å². The highest BCUT2D eigenvalue weighted by Gasteiger charge is 2.25. The molecule has 0 saturated carbocycles. The summed E-state index contributed by atoms with van der Waals surface area (Å²) in [5.74, 6) is -0.187. The van der Waals surface area contributed by atoms with Gasteiger partial charge in [-0.15, -0.1) is 0 Å². The highest BCUT2D eigenvalue weighted by molar-refractivity contribution is 7.89. The van der Waals surface area contributed by atoms with Crippen molar-refractivity contribution in [2.75, 3.05) is 13.6 Å². The number of pyridine rings is 1. The lowest BCUT2D eigenvalue weighted by Gasteiger charge is -2.21. The van der Waals surface area contributed by atoms with Crippen molar-refractivity contribution in [1.29, 1.82) is 0 Å². The molecular weight excluding hydrogens is 306 g/mol. The van der Waals surface area contributed by atoms with E-state index >= 15 is 0 Å². The monoisotopic (exact) mass is 323 g/mol. The first-order chi connectivity index (χ1) is 9.84. The summed E-state index contributed by atoms with van der Waals surface area (Å²) < 4.78 is 26.7. The van der Waals surface area contributed by atoms with E-state index in [1.807, 2.05) is 0 Å². The summed E-state index contributed by atoms with van der Waals surface area (Å²) in [6.45, 7) is 2.05. The minimum atomic E-state index is -3.62. The quantitative estimate of drug-likeness (QED) is 0.849. The summed E-state index contributed by atoms with van der Waals surface area (Å²) in [6, 6.07) is 8.53. The molecule has 2 N–H and O–H groups in total. The van der Waals surface area contributed by atoms with Crippen molar-refractivity contribution in [3.05, 3.63) is 36.5 Å². The Bertz CT molecular complexity index is 769. The molecule has 0 radical (unpaired) electrons. The molecule has 21 heavy (non-hydrogen) atoms. The topological polar surface area (TPSA) is 76.3 Å². The highest BCUT2D eigenvalue weighted by atomic mass is 32.2. The Kier molecular flexibility index (Phi) is 4.55. The van der Waals surface area contributed by atoms with Gasteiger partial charge in [-0.05, 0) is 24.3 Å². The Labute approximate surface area is 129 Å². The summed E-state index contributed by atoms with van der Waals surface area (Å²) in [6.07, 6.45) is 1.64. The predicted octanol–water partition coefficient (Wildman–Crippen LogP) is 1.78. The van der Waals surface area contributed by atoms with Crippen molar-refractivity contribution in [2.24, 2.45) is 11.7 Å². The average Bonchev–Trinajstić information content (AvgIpc) is 2.46. The van der Waals surface area contributed by atoms with Crippen LogP contribution in [0.1, 0.15) is 6.92 Å². The van der Waals surface area contributed by atoms with E-state index in [0.717, 1.165) is 0 Å². The van der Waals surface area contributed by atoms with E-state index in [1.165, 1.54) is 11.4 Å². The van der Waals surface area contributed by atoms with Crippen LogP contribution in [0.25, 0.3) is 10.9 Å². The van der Waals surface area contributed by atoms with Crippen LogP contribution < -0.4 is 5.73 Å². The van der Waals surface area contributed by atoms with Gasteiger partial charge in [0.25, 0.3) is 0 Å². The highest BCUT2D eigenvalue weighted by Crippen LogP contribution is 2.24. The molecule has 7 heteroatoms. The zero-order chi connectivity index (χ0) is 15.6. The molecule has 0 aliphatic rings. The molecule has 0 saturated heterocycles. The van der Waals surface area contributed by atoms with Crippen molar-refractivity contribution in [1.82, 2.24) is 9.29 Å². The van der Waals surface area contributed by atoms with Crippen molar-refractivity contribution in [3.8, 4) is 0 Å². The molecule has 0 bridgehead atoms. The predicted molar refractivity (Wildman–Crippen MR) is 87.5 cm³/mol. The van der Waals surface area contributed by atoms with E-state index in [-0.39, 0.29) is 17.4 Å². The number of hydrogen-bond donors (Lipinski definition) is 1. The van der Waals surface area contributed by atoms with Gasteiger partial charge < -0.3 is 5.73 Å². The molecule has 1 aromatic carbocycles. The lowest BCUT2D eigenvalue weighted by molar-refractivity contribution is 0.446. The van der Waals surface area contributed by atoms with Gasteiger partial charge in [0.05, 0.1) is 15.4 Å². The Balaban J connectivity index is 2.45. The van der Waals surface area contributed by atoms with Crippen LogP contribution in [-0.2, 0) is 10.0 Å². The second-order valence-electron chi connectivity index (χ2n) is 4.92. The molecule has 0 spiro atoms. The molecule has 0 aliphatic heterocycles. The van der Waals surface area contributed by atoms with Crippen LogP contribution in [0.2, 0.25) is 0 Å². The van der Waals surface area contributed by atoms with Crippen LogP contribution in [0.5, 0.6) is 0 Å². The third kappa shape index (κ3) is 3.20. The first kappa shape index (κ1) is 15.8. The number of fused-ring (bicyclic) bond motifs is 1. The Hall–Kier alpha value is -1.57. The Morgan fingerprint density at radius 1 is 1.38 bits per heavy atom. The van der Waals surface area contributed by atoms with E-state index in [4.69, 9.17) is 18.0 Å². The summed E-state index contributed by atoms with van der Waals surface area (Å²) in [4.78, 5) is 4.72. The number of aromatic nitrogens is 1. The molecule has 0 fully saturated rings. The van der Waals surface area contributed by atoms with Crippen molar-refractivity contribution >= 4 is 38.1 Å². The first-order valence-corrected chi connectivity index (χ1v) is 8.28. The maximum atomic E-state index is 12.7. The van der Waals surface area contributed by atoms with E-state index in [9.17, 15) is 8.42 Å². The number of hydrogen-bond acceptors (Lipinski definition) is 4. The number of thiocarbonyl (C=S) groups is 1. The van der Waals surface area contributed by atoms with Crippen LogP contribution in [0.15, 0.2) is 41.4 Å². The van der Waals surface area contributed by atoms with Crippen LogP contribution in [-0.4, -0.2) is 36.3 Å². The van der Waals surface area contributed by atoms with E-state index < -0.39 is 10.0 Å². The zero-order valence-corrected chi connectivity index (χ0v) is 13.5. The zero-order valence-electron chi connectivity index (χ0n) is 11.9. The fraction of sp³-hybridized carbons (Fsp3) is 0.286. The van der Waals surface area contributed by atoms with Crippen LogP contribution >= 0.6 is 12.2 Å². The lowest BCUT2D eigenvalue weighted by Crippen LogP contribution is -2.35. The average molecular weight is 323 g/mol. The summed E-state index contributed by atoms with van der Waals surface area (Å²) >= 11 is 4.90. The van der Waals surface area contributed by atoms with Gasteiger partial charge in [-0.25, -0.2) is 12.7 Å². The molecule has 1 aromatic heterocycles. The number of sulfonamides is 1. The fourth-order valence-corrected chi connectivity index (χ4v) is 3.57. The third-order valence-electron chi connectivity index (χ3n) is 3.31. The number of nitrogens with zero attached hydrogens (tertiary/aromatic N) is 2. The maximum absolute atomic E-state index is 12.7. The molecule has 112 valence electrons. The largest absolute Gasteiger partial charge is 0.393 e. The van der Waals surface area contributed by atoms with Gasteiger partial charge >= 0.3 is 0 Å². The van der Waals surface area contributed by atoms with Crippen molar-refractivity contribution < 1.29 is 8.42 Å². The van der Waals surface area contributed by atoms with Gasteiger partial charge in [-0.2, -0.15) is 0 Å². The number of nitrogens with two attached hydrogens (primary N) is 1. The number of rotatable bonds is 5. The summed E-state index contributed by atoms with van der Waals surface area (Å²) in [5.41, 5.74) is 6.20. The second kappa shape index (κ2) is 6.05. The molecule has 1 unspecified atom stereocenters. The van der Waals surface area contributed by atoms with Crippen LogP contribution in [0.4, 0.5) is 0 Å². The van der Waals surface area contributed by atoms with Crippen molar-refractivity contribution in [2.45, 2.75) is 11.8 Å². The molecule has 0 amide bonds. The summed E-state index contributed by atoms with van der Waals surface area (Å²) in [7, 11) is -2.09. The normalized spacial score (nSPS) is 13.5. The standard InChI is InChI=1S/C14H17N3O2S2/c1-10(14(15)20)9-17(2)21(18,19)13-7-3-6-12-11(13)5-4-8-16-12/h3-8,10H,9H2,1-2H3,(H2,15,20). The van der Waals surface area contributed by atoms with Crippen LogP contribution in [0.3, 0.4) is 0 Å². The minimum Gasteiger partial charge on any atom is -0.393 e. The third-order valence-corrected chi connectivity index (χ3v) is 5.59. The van der Waals surface area contributed by atoms with E-state index in [2.05, 4.69) is 4.98 Å². The molecule has 5 nitrogen and oxygen atoms in total. The Morgan fingerprint density at radius 2 is 2.10 bits per heavy atom. The second-order valence-corrected chi connectivity index (χ2v) is 7.40. The molecule has 0 aliphatic carbocycles. The van der Waals surface area contributed by atoms with Crippen molar-refractivity contribution in [3.63, 3.8) is 0 Å². The maximum Gasteiger partial charge on any atom is 0.243 e. The van der Waals surface area contributed by atoms with Gasteiger partial charge in [-0.3, -0.25) is 4.98 Å². The fourth-order valence-electron chi connectivity index (χ4n) is 2.04. The van der Waals surface area contributed by atoms with Gasteiger partial charge in [0.2, 0.25) is 10.0 Å². The molecule has 1 atom stereocenters. The smallest absolute Gasteiger partial charge is 0.243 e. The van der Waals surface area contributed by atoms with E-state index in [1.54, 1.807) is 43.5 Å². The van der Waals surface area contributed by atoms with Gasteiger partial charge in [-0.1, -0.05) is 25.2 Å². The minimum absolute atomic E-state index is 0.187. The molecule has 1 heterocycles. The van der Waals surface area contributed by atoms with Gasteiger partial charge in [0.1, 0.15) is 0 Å². The van der Waals surface area contributed by atoms with Crippen LogP contribution in [0, 0.1) is 5.92 Å². The SMILES string of the molecule is CC(CN(C)S(=O)(=O)c1cccc2ncccc12)C(N)=S.